The van der Waals surface area contributed by atoms with Crippen LogP contribution in [0.1, 0.15) is 32.6 Å². The Morgan fingerprint density at radius 1 is 1.08 bits per heavy atom. The van der Waals surface area contributed by atoms with Gasteiger partial charge in [0, 0.05) is 12.1 Å². The molecule has 0 bridgehead atoms. The Bertz CT molecular complexity index is 811. The number of carboxylic acids is 1. The third kappa shape index (κ3) is 2.97. The van der Waals surface area contributed by atoms with E-state index in [-0.39, 0.29) is 11.5 Å². The van der Waals surface area contributed by atoms with E-state index in [4.69, 9.17) is 9.84 Å². The second-order valence-electron chi connectivity index (χ2n) is 6.18. The van der Waals surface area contributed by atoms with Crippen LogP contribution in [0.15, 0.2) is 30.3 Å². The number of aromatic carboxylic acids is 1. The largest absolute Gasteiger partial charge is 0.480 e. The third-order valence-corrected chi connectivity index (χ3v) is 4.38. The molecule has 3 rings (SSSR count). The van der Waals surface area contributed by atoms with Gasteiger partial charge in [-0.15, -0.1) is 0 Å². The van der Waals surface area contributed by atoms with E-state index in [0.717, 1.165) is 16.9 Å². The van der Waals surface area contributed by atoms with Gasteiger partial charge >= 0.3 is 5.97 Å². The molecule has 0 aliphatic carbocycles. The Balaban J connectivity index is 1.75. The van der Waals surface area contributed by atoms with Crippen LogP contribution < -0.4 is 10.1 Å². The molecule has 1 aliphatic heterocycles. The van der Waals surface area contributed by atoms with Crippen LogP contribution in [0, 0.1) is 20.8 Å². The highest BCUT2D eigenvalue weighted by Gasteiger charge is 2.29. The fourth-order valence-electron chi connectivity index (χ4n) is 2.81. The van der Waals surface area contributed by atoms with Gasteiger partial charge in [0.2, 0.25) is 0 Å². The Morgan fingerprint density at radius 3 is 2.50 bits per heavy atom. The average molecular weight is 325 g/mol. The number of anilines is 1. The highest BCUT2D eigenvalue weighted by atomic mass is 16.5. The van der Waals surface area contributed by atoms with Crippen molar-refractivity contribution < 1.29 is 19.4 Å². The molecular weight excluding hydrogens is 306 g/mol. The Morgan fingerprint density at radius 2 is 1.79 bits per heavy atom. The lowest BCUT2D eigenvalue weighted by molar-refractivity contribution is -0.122. The van der Waals surface area contributed by atoms with Crippen LogP contribution in [-0.4, -0.2) is 23.1 Å². The van der Waals surface area contributed by atoms with E-state index in [2.05, 4.69) is 5.32 Å². The predicted molar refractivity (Wildman–Crippen MR) is 90.8 cm³/mol. The van der Waals surface area contributed by atoms with Crippen LogP contribution in [-0.2, 0) is 11.2 Å². The van der Waals surface area contributed by atoms with E-state index in [1.54, 1.807) is 19.1 Å². The highest BCUT2D eigenvalue weighted by molar-refractivity contribution is 5.97. The number of amides is 1. The predicted octanol–water partition coefficient (Wildman–Crippen LogP) is 3.25. The summed E-state index contributed by atoms with van der Waals surface area (Å²) in [5, 5.41) is 11.9. The van der Waals surface area contributed by atoms with Gasteiger partial charge in [0.05, 0.1) is 5.56 Å². The van der Waals surface area contributed by atoms with E-state index >= 15 is 0 Å². The first-order valence-electron chi connectivity index (χ1n) is 7.76. The summed E-state index contributed by atoms with van der Waals surface area (Å²) in [6.45, 7) is 5.76. The van der Waals surface area contributed by atoms with Crippen LogP contribution in [0.5, 0.6) is 5.75 Å². The van der Waals surface area contributed by atoms with Crippen molar-refractivity contribution in [3.63, 3.8) is 0 Å². The zero-order valence-corrected chi connectivity index (χ0v) is 13.8. The maximum atomic E-state index is 12.4. The summed E-state index contributed by atoms with van der Waals surface area (Å²) < 4.78 is 5.75. The topological polar surface area (TPSA) is 75.6 Å². The van der Waals surface area contributed by atoms with E-state index < -0.39 is 12.1 Å². The van der Waals surface area contributed by atoms with Crippen LogP contribution in [0.25, 0.3) is 0 Å². The van der Waals surface area contributed by atoms with Gasteiger partial charge in [0.1, 0.15) is 5.75 Å². The quantitative estimate of drug-likeness (QED) is 0.908. The van der Waals surface area contributed by atoms with Crippen molar-refractivity contribution in [3.8, 4) is 5.75 Å². The summed E-state index contributed by atoms with van der Waals surface area (Å²) in [5.74, 6) is -0.547. The number of aryl methyl sites for hydroxylation is 3. The summed E-state index contributed by atoms with van der Waals surface area (Å²) in [5.41, 5.74) is 4.59. The first kappa shape index (κ1) is 16.1. The zero-order chi connectivity index (χ0) is 17.4. The van der Waals surface area contributed by atoms with Crippen molar-refractivity contribution in [3.05, 3.63) is 58.1 Å². The number of hydrogen-bond donors (Lipinski definition) is 2. The summed E-state index contributed by atoms with van der Waals surface area (Å²) in [6.07, 6.45) is -0.0873. The van der Waals surface area contributed by atoms with Gasteiger partial charge in [-0.25, -0.2) is 4.79 Å². The monoisotopic (exact) mass is 325 g/mol. The number of ether oxygens (including phenoxy) is 1. The maximum Gasteiger partial charge on any atom is 0.336 e. The number of carboxylic acid groups (broad SMARTS) is 1. The summed E-state index contributed by atoms with van der Waals surface area (Å²) >= 11 is 0. The van der Waals surface area contributed by atoms with Crippen molar-refractivity contribution in [1.29, 1.82) is 0 Å². The third-order valence-electron chi connectivity index (χ3n) is 4.38. The molecule has 24 heavy (non-hydrogen) atoms. The Hall–Kier alpha value is -2.82. The van der Waals surface area contributed by atoms with Crippen LogP contribution >= 0.6 is 0 Å². The SMILES string of the molecule is Cc1cc2c(cc1C)OC(C(=O)Nc1ccc(C)c(C(=O)O)c1)C2. The molecule has 2 N–H and O–H groups in total. The lowest BCUT2D eigenvalue weighted by Gasteiger charge is -2.12. The van der Waals surface area contributed by atoms with E-state index in [0.29, 0.717) is 17.7 Å². The minimum Gasteiger partial charge on any atom is -0.480 e. The number of hydrogen-bond acceptors (Lipinski definition) is 3. The summed E-state index contributed by atoms with van der Waals surface area (Å²) in [4.78, 5) is 23.6. The smallest absolute Gasteiger partial charge is 0.336 e. The van der Waals surface area contributed by atoms with E-state index in [9.17, 15) is 9.59 Å². The molecule has 0 radical (unpaired) electrons. The lowest BCUT2D eigenvalue weighted by Crippen LogP contribution is -2.31. The number of benzene rings is 2. The second-order valence-corrected chi connectivity index (χ2v) is 6.18. The Labute approximate surface area is 140 Å². The normalized spacial score (nSPS) is 15.5. The minimum absolute atomic E-state index is 0.176. The van der Waals surface area contributed by atoms with Crippen LogP contribution in [0.4, 0.5) is 5.69 Å². The summed E-state index contributed by atoms with van der Waals surface area (Å²) in [7, 11) is 0. The highest BCUT2D eigenvalue weighted by Crippen LogP contribution is 2.32. The van der Waals surface area contributed by atoms with Crippen LogP contribution in [0.2, 0.25) is 0 Å². The van der Waals surface area contributed by atoms with Gasteiger partial charge in [-0.1, -0.05) is 12.1 Å². The molecule has 2 aromatic carbocycles. The van der Waals surface area contributed by atoms with Crippen molar-refractivity contribution >= 4 is 17.6 Å². The number of carbonyl (C=O) groups is 2. The van der Waals surface area contributed by atoms with Crippen molar-refractivity contribution in [1.82, 2.24) is 0 Å². The van der Waals surface area contributed by atoms with Crippen molar-refractivity contribution in [2.75, 3.05) is 5.32 Å². The molecule has 5 nitrogen and oxygen atoms in total. The summed E-state index contributed by atoms with van der Waals surface area (Å²) in [6, 6.07) is 8.83. The molecule has 1 amide bonds. The minimum atomic E-state index is -1.01. The van der Waals surface area contributed by atoms with E-state index in [1.807, 2.05) is 26.0 Å². The standard InChI is InChI=1S/C19H19NO4/c1-10-4-5-14(9-15(10)19(22)23)20-18(21)17-8-13-6-11(2)12(3)7-16(13)24-17/h4-7,9,17H,8H2,1-3H3,(H,20,21)(H,22,23). The fourth-order valence-corrected chi connectivity index (χ4v) is 2.81. The molecule has 0 fully saturated rings. The average Bonchev–Trinajstić information content (AvgIpc) is 2.92. The molecule has 2 aromatic rings. The van der Waals surface area contributed by atoms with Gasteiger partial charge in [-0.3, -0.25) is 4.79 Å². The number of carbonyl (C=O) groups excluding carboxylic acids is 1. The maximum absolute atomic E-state index is 12.4. The van der Waals surface area contributed by atoms with Gasteiger partial charge in [0.15, 0.2) is 6.10 Å². The molecular formula is C19H19NO4. The van der Waals surface area contributed by atoms with Gasteiger partial charge in [-0.05, 0) is 61.2 Å². The molecule has 5 heteroatoms. The number of nitrogens with one attached hydrogen (secondary N) is 1. The van der Waals surface area contributed by atoms with E-state index in [1.165, 1.54) is 11.6 Å². The molecule has 1 unspecified atom stereocenters. The molecule has 1 heterocycles. The Kier molecular flexibility index (Phi) is 4.01. The molecule has 124 valence electrons. The lowest BCUT2D eigenvalue weighted by atomic mass is 10.0. The molecule has 0 aromatic heterocycles. The molecule has 0 saturated carbocycles. The second kappa shape index (κ2) is 6.00. The molecule has 1 aliphatic rings. The molecule has 1 atom stereocenters. The number of fused-ring (bicyclic) bond motifs is 1. The first-order valence-corrected chi connectivity index (χ1v) is 7.76. The molecule has 0 saturated heterocycles. The number of rotatable bonds is 3. The van der Waals surface area contributed by atoms with Crippen molar-refractivity contribution in [2.24, 2.45) is 0 Å². The molecule has 0 spiro atoms. The van der Waals surface area contributed by atoms with Crippen molar-refractivity contribution in [2.45, 2.75) is 33.3 Å². The van der Waals surface area contributed by atoms with Gasteiger partial charge < -0.3 is 15.2 Å². The van der Waals surface area contributed by atoms with Gasteiger partial charge in [0.25, 0.3) is 5.91 Å². The fraction of sp³-hybridized carbons (Fsp3) is 0.263. The van der Waals surface area contributed by atoms with Gasteiger partial charge in [-0.2, -0.15) is 0 Å². The zero-order valence-electron chi connectivity index (χ0n) is 13.8. The van der Waals surface area contributed by atoms with Crippen LogP contribution in [0.3, 0.4) is 0 Å². The first-order chi connectivity index (χ1) is 11.3.